The third-order valence-electron chi connectivity index (χ3n) is 7.76. The summed E-state index contributed by atoms with van der Waals surface area (Å²) < 4.78 is 40.6. The van der Waals surface area contributed by atoms with Crippen LogP contribution in [0.3, 0.4) is 0 Å². The van der Waals surface area contributed by atoms with Crippen molar-refractivity contribution >= 4 is 50.7 Å². The van der Waals surface area contributed by atoms with Gasteiger partial charge in [-0.05, 0) is 48.4 Å². The zero-order valence-electron chi connectivity index (χ0n) is 27.1. The van der Waals surface area contributed by atoms with Crippen molar-refractivity contribution in [2.24, 2.45) is 0 Å². The highest BCUT2D eigenvalue weighted by Gasteiger charge is 2.36. The summed E-state index contributed by atoms with van der Waals surface area (Å²) >= 11 is 13.2. The molecule has 0 fully saturated rings. The second kappa shape index (κ2) is 17.2. The average Bonchev–Trinajstić information content (AvgIpc) is 3.10. The monoisotopic (exact) mass is 711 g/mol. The van der Waals surface area contributed by atoms with Gasteiger partial charge in [0.05, 0.1) is 24.8 Å². The van der Waals surface area contributed by atoms with Gasteiger partial charge in [0, 0.05) is 41.2 Å². The van der Waals surface area contributed by atoms with Crippen molar-refractivity contribution in [3.8, 4) is 11.5 Å². The van der Waals surface area contributed by atoms with E-state index in [0.717, 1.165) is 22.7 Å². The third-order valence-corrected chi connectivity index (χ3v) is 10.2. The molecule has 0 aliphatic carbocycles. The second-order valence-corrected chi connectivity index (χ2v) is 13.6. The third kappa shape index (κ3) is 9.00. The number of anilines is 1. The Morgan fingerprint density at radius 3 is 2.10 bits per heavy atom. The van der Waals surface area contributed by atoms with Crippen LogP contribution < -0.4 is 19.1 Å². The van der Waals surface area contributed by atoms with Gasteiger partial charge in [0.2, 0.25) is 11.8 Å². The average molecular weight is 713 g/mol. The molecule has 0 saturated heterocycles. The number of nitrogens with one attached hydrogen (secondary N) is 1. The molecule has 254 valence electrons. The Hall–Kier alpha value is -4.25. The number of amides is 2. The minimum absolute atomic E-state index is 0.0403. The van der Waals surface area contributed by atoms with Gasteiger partial charge in [-0.15, -0.1) is 0 Å². The molecule has 0 aromatic heterocycles. The van der Waals surface area contributed by atoms with Gasteiger partial charge in [0.1, 0.15) is 24.1 Å². The van der Waals surface area contributed by atoms with Gasteiger partial charge in [-0.2, -0.15) is 0 Å². The summed E-state index contributed by atoms with van der Waals surface area (Å²) in [4.78, 5) is 30.0. The second-order valence-electron chi connectivity index (χ2n) is 10.9. The number of sulfonamides is 1. The van der Waals surface area contributed by atoms with Crippen molar-refractivity contribution in [2.45, 2.75) is 43.7 Å². The van der Waals surface area contributed by atoms with E-state index in [4.69, 9.17) is 32.7 Å². The Kier molecular flexibility index (Phi) is 13.1. The van der Waals surface area contributed by atoms with Crippen LogP contribution in [0.25, 0.3) is 0 Å². The van der Waals surface area contributed by atoms with Crippen molar-refractivity contribution in [1.29, 1.82) is 0 Å². The first kappa shape index (κ1) is 36.6. The normalized spacial score (nSPS) is 11.8. The number of carbonyl (C=O) groups excluding carboxylic acids is 2. The lowest BCUT2D eigenvalue weighted by atomic mass is 10.0. The van der Waals surface area contributed by atoms with Gasteiger partial charge in [0.25, 0.3) is 10.0 Å². The van der Waals surface area contributed by atoms with Crippen molar-refractivity contribution in [3.63, 3.8) is 0 Å². The van der Waals surface area contributed by atoms with E-state index in [2.05, 4.69) is 5.32 Å². The number of benzene rings is 4. The SMILES string of the molecule is CCCCNC(=O)[C@H](Cc1ccccc1)N(Cc1c(Cl)cccc1Cl)C(=O)CN(c1cc(OC)ccc1OC)S(=O)(=O)c1ccccc1. The molecule has 0 bridgehead atoms. The fourth-order valence-corrected chi connectivity index (χ4v) is 7.09. The number of carbonyl (C=O) groups is 2. The van der Waals surface area contributed by atoms with Crippen LogP contribution in [0.4, 0.5) is 5.69 Å². The summed E-state index contributed by atoms with van der Waals surface area (Å²) in [5.41, 5.74) is 1.31. The van der Waals surface area contributed by atoms with Gasteiger partial charge < -0.3 is 19.7 Å². The van der Waals surface area contributed by atoms with Crippen LogP contribution in [0.15, 0.2) is 102 Å². The molecule has 4 aromatic carbocycles. The smallest absolute Gasteiger partial charge is 0.264 e. The molecule has 9 nitrogen and oxygen atoms in total. The summed E-state index contributed by atoms with van der Waals surface area (Å²) in [5.74, 6) is -0.507. The van der Waals surface area contributed by atoms with Crippen molar-refractivity contribution in [3.05, 3.63) is 118 Å². The van der Waals surface area contributed by atoms with Gasteiger partial charge in [-0.25, -0.2) is 8.42 Å². The predicted molar refractivity (Wildman–Crippen MR) is 189 cm³/mol. The van der Waals surface area contributed by atoms with E-state index in [1.807, 2.05) is 37.3 Å². The Bertz CT molecular complexity index is 1770. The predicted octanol–water partition coefficient (Wildman–Crippen LogP) is 6.76. The summed E-state index contributed by atoms with van der Waals surface area (Å²) in [6, 6.07) is 25.7. The Morgan fingerprint density at radius 1 is 0.854 bits per heavy atom. The molecule has 0 heterocycles. The van der Waals surface area contributed by atoms with Crippen molar-refractivity contribution < 1.29 is 27.5 Å². The van der Waals surface area contributed by atoms with E-state index >= 15 is 0 Å². The van der Waals surface area contributed by atoms with Crippen molar-refractivity contribution in [2.75, 3.05) is 31.6 Å². The molecule has 0 saturated carbocycles. The van der Waals surface area contributed by atoms with Gasteiger partial charge in [0.15, 0.2) is 0 Å². The van der Waals surface area contributed by atoms with Crippen LogP contribution in [0.2, 0.25) is 10.0 Å². The maximum Gasteiger partial charge on any atom is 0.264 e. The van der Waals surface area contributed by atoms with Gasteiger partial charge >= 0.3 is 0 Å². The molecule has 1 atom stereocenters. The molecule has 2 amide bonds. The van der Waals surface area contributed by atoms with E-state index < -0.39 is 28.5 Å². The first-order valence-corrected chi connectivity index (χ1v) is 17.6. The Labute approximate surface area is 292 Å². The number of unbranched alkanes of at least 4 members (excludes halogenated alkanes) is 1. The lowest BCUT2D eigenvalue weighted by Crippen LogP contribution is -2.53. The summed E-state index contributed by atoms with van der Waals surface area (Å²) in [7, 11) is -1.50. The highest BCUT2D eigenvalue weighted by molar-refractivity contribution is 7.92. The van der Waals surface area contributed by atoms with Gasteiger partial charge in [-0.3, -0.25) is 13.9 Å². The molecule has 1 N–H and O–H groups in total. The fourth-order valence-electron chi connectivity index (χ4n) is 5.14. The molecule has 4 rings (SSSR count). The molecule has 48 heavy (non-hydrogen) atoms. The van der Waals surface area contributed by atoms with Crippen LogP contribution in [-0.4, -0.2) is 58.5 Å². The minimum atomic E-state index is -4.35. The standard InChI is InChI=1S/C36H39Cl2N3O6S/c1-4-5-21-39-36(43)33(22-26-13-8-6-9-14-26)40(24-29-30(37)17-12-18-31(29)38)35(42)25-41(48(44,45)28-15-10-7-11-16-28)32-23-27(46-2)19-20-34(32)47-3/h6-20,23,33H,4-5,21-22,24-25H2,1-3H3,(H,39,43)/t33-/m0/s1. The summed E-state index contributed by atoms with van der Waals surface area (Å²) in [6.45, 7) is 1.57. The number of rotatable bonds is 16. The molecule has 0 radical (unpaired) electrons. The number of nitrogens with zero attached hydrogens (tertiary/aromatic N) is 2. The van der Waals surface area contributed by atoms with Crippen LogP contribution in [-0.2, 0) is 32.6 Å². The lowest BCUT2D eigenvalue weighted by Gasteiger charge is -2.34. The highest BCUT2D eigenvalue weighted by atomic mass is 35.5. The topological polar surface area (TPSA) is 105 Å². The van der Waals surface area contributed by atoms with E-state index in [0.29, 0.717) is 27.9 Å². The van der Waals surface area contributed by atoms with Crippen molar-refractivity contribution in [1.82, 2.24) is 10.2 Å². The highest BCUT2D eigenvalue weighted by Crippen LogP contribution is 2.36. The van der Waals surface area contributed by atoms with Crippen LogP contribution in [0.5, 0.6) is 11.5 Å². The largest absolute Gasteiger partial charge is 0.497 e. The van der Waals surface area contributed by atoms with E-state index in [1.165, 1.54) is 37.3 Å². The lowest BCUT2D eigenvalue weighted by molar-refractivity contribution is -0.140. The van der Waals surface area contributed by atoms with Gasteiger partial charge in [-0.1, -0.05) is 91.1 Å². The maximum absolute atomic E-state index is 14.7. The van der Waals surface area contributed by atoms with Crippen LogP contribution in [0.1, 0.15) is 30.9 Å². The van der Waals surface area contributed by atoms with E-state index in [9.17, 15) is 18.0 Å². The Balaban J connectivity index is 1.88. The quantitative estimate of drug-likeness (QED) is 0.129. The number of hydrogen-bond acceptors (Lipinski definition) is 6. The molecular formula is C36H39Cl2N3O6S. The zero-order chi connectivity index (χ0) is 34.7. The first-order valence-electron chi connectivity index (χ1n) is 15.4. The first-order chi connectivity index (χ1) is 23.1. The number of ether oxygens (including phenoxy) is 2. The minimum Gasteiger partial charge on any atom is -0.497 e. The molecule has 0 aliphatic rings. The number of halogens is 2. The summed E-state index contributed by atoms with van der Waals surface area (Å²) in [6.07, 6.45) is 1.75. The molecule has 0 spiro atoms. The molecular weight excluding hydrogens is 673 g/mol. The maximum atomic E-state index is 14.7. The van der Waals surface area contributed by atoms with Crippen LogP contribution >= 0.6 is 23.2 Å². The molecule has 4 aromatic rings. The number of hydrogen-bond donors (Lipinski definition) is 1. The van der Waals surface area contributed by atoms with E-state index in [-0.39, 0.29) is 35.2 Å². The van der Waals surface area contributed by atoms with E-state index in [1.54, 1.807) is 48.5 Å². The molecule has 0 unspecified atom stereocenters. The summed E-state index contributed by atoms with van der Waals surface area (Å²) in [5, 5.41) is 3.56. The Morgan fingerprint density at radius 2 is 1.50 bits per heavy atom. The molecule has 12 heteroatoms. The van der Waals surface area contributed by atoms with Crippen LogP contribution in [0, 0.1) is 0 Å². The molecule has 0 aliphatic heterocycles. The number of methoxy groups -OCH3 is 2. The fraction of sp³-hybridized carbons (Fsp3) is 0.278. The zero-order valence-corrected chi connectivity index (χ0v) is 29.4.